The molecule has 0 radical (unpaired) electrons. The Morgan fingerprint density at radius 2 is 1.71 bits per heavy atom. The van der Waals surface area contributed by atoms with Crippen LogP contribution in [0.2, 0.25) is 18.1 Å². The normalized spacial score (nSPS) is 21.3. The number of methoxy groups -OCH3 is 1. The first-order valence-electron chi connectivity index (χ1n) is 11.6. The molecule has 0 N–H and O–H groups in total. The van der Waals surface area contributed by atoms with Crippen molar-refractivity contribution in [3.05, 3.63) is 23.3 Å². The summed E-state index contributed by atoms with van der Waals surface area (Å²) in [5.74, 6) is 0.928. The Balaban J connectivity index is 1.70. The van der Waals surface area contributed by atoms with Crippen LogP contribution in [-0.4, -0.2) is 58.3 Å². The van der Waals surface area contributed by atoms with Gasteiger partial charge in [-0.1, -0.05) is 26.8 Å². The number of fused-ring (bicyclic) bond motifs is 1. The predicted molar refractivity (Wildman–Crippen MR) is 131 cm³/mol. The summed E-state index contributed by atoms with van der Waals surface area (Å²) in [5.41, 5.74) is 2.97. The fourth-order valence-electron chi connectivity index (χ4n) is 3.85. The van der Waals surface area contributed by atoms with E-state index in [0.717, 1.165) is 43.9 Å². The highest BCUT2D eigenvalue weighted by molar-refractivity contribution is 6.74. The molecule has 0 aliphatic carbocycles. The van der Waals surface area contributed by atoms with Crippen LogP contribution in [0.5, 0.6) is 5.75 Å². The Bertz CT molecular complexity index is 770. The molecule has 0 saturated carbocycles. The molecule has 1 aromatic rings. The van der Waals surface area contributed by atoms with E-state index in [0.29, 0.717) is 0 Å². The minimum Gasteiger partial charge on any atom is -0.496 e. The Hall–Kier alpha value is -0.858. The first kappa shape index (κ1) is 24.8. The summed E-state index contributed by atoms with van der Waals surface area (Å²) < 4.78 is 24.8. The lowest BCUT2D eigenvalue weighted by Gasteiger charge is -2.37. The van der Waals surface area contributed by atoms with E-state index in [1.54, 1.807) is 7.11 Å². The van der Waals surface area contributed by atoms with E-state index in [2.05, 4.69) is 78.6 Å². The molecule has 2 aliphatic heterocycles. The lowest BCUT2D eigenvalue weighted by Crippen LogP contribution is -2.43. The van der Waals surface area contributed by atoms with E-state index in [-0.39, 0.29) is 23.4 Å². The van der Waals surface area contributed by atoms with Gasteiger partial charge in [-0.3, -0.25) is 4.90 Å². The molecular formula is C24H42BNO4Si. The van der Waals surface area contributed by atoms with Gasteiger partial charge in [0.2, 0.25) is 0 Å². The molecule has 7 heteroatoms. The fourth-order valence-corrected chi connectivity index (χ4v) is 4.88. The van der Waals surface area contributed by atoms with Crippen molar-refractivity contribution >= 4 is 20.9 Å². The summed E-state index contributed by atoms with van der Waals surface area (Å²) in [6, 6.07) is 4.35. The summed E-state index contributed by atoms with van der Waals surface area (Å²) in [7, 11) is -0.312. The molecule has 5 nitrogen and oxygen atoms in total. The molecule has 2 aliphatic rings. The van der Waals surface area contributed by atoms with E-state index in [1.165, 1.54) is 11.1 Å². The van der Waals surface area contributed by atoms with Crippen molar-refractivity contribution in [2.75, 3.05) is 26.8 Å². The molecular weight excluding hydrogens is 405 g/mol. The van der Waals surface area contributed by atoms with Crippen molar-refractivity contribution in [3.63, 3.8) is 0 Å². The van der Waals surface area contributed by atoms with Crippen molar-refractivity contribution < 1.29 is 18.5 Å². The predicted octanol–water partition coefficient (Wildman–Crippen LogP) is 4.37. The zero-order chi connectivity index (χ0) is 23.2. The maximum atomic E-state index is 6.40. The Morgan fingerprint density at radius 3 is 2.26 bits per heavy atom. The van der Waals surface area contributed by atoms with Crippen LogP contribution in [0.25, 0.3) is 0 Å². The molecule has 0 aromatic heterocycles. The molecule has 1 aromatic carbocycles. The molecule has 31 heavy (non-hydrogen) atoms. The van der Waals surface area contributed by atoms with Gasteiger partial charge in [0.25, 0.3) is 0 Å². The lowest BCUT2D eigenvalue weighted by atomic mass is 9.76. The number of nitrogens with zero attached hydrogens (tertiary/aromatic N) is 1. The molecule has 1 saturated heterocycles. The quantitative estimate of drug-likeness (QED) is 0.606. The Labute approximate surface area is 191 Å². The van der Waals surface area contributed by atoms with Gasteiger partial charge >= 0.3 is 7.12 Å². The van der Waals surface area contributed by atoms with E-state index in [1.807, 2.05) is 0 Å². The summed E-state index contributed by atoms with van der Waals surface area (Å²) in [5, 5.41) is 0.245. The zero-order valence-electron chi connectivity index (χ0n) is 21.3. The first-order valence-corrected chi connectivity index (χ1v) is 14.5. The monoisotopic (exact) mass is 447 g/mol. The van der Waals surface area contributed by atoms with Crippen LogP contribution < -0.4 is 10.2 Å². The van der Waals surface area contributed by atoms with Gasteiger partial charge in [-0.25, -0.2) is 0 Å². The van der Waals surface area contributed by atoms with Gasteiger partial charge < -0.3 is 18.5 Å². The van der Waals surface area contributed by atoms with Gasteiger partial charge in [0.1, 0.15) is 5.75 Å². The molecule has 0 spiro atoms. The summed E-state index contributed by atoms with van der Waals surface area (Å²) in [6.45, 7) is 23.5. The largest absolute Gasteiger partial charge is 0.496 e. The second-order valence-electron chi connectivity index (χ2n) is 11.6. The first-order chi connectivity index (χ1) is 14.2. The minimum atomic E-state index is -1.70. The molecule has 0 unspecified atom stereocenters. The SMILES string of the molecule is COc1cc(B2OC(C)(C)C(C)(C)O2)cc2c1CN(CCO[Si](C)(C)C(C)(C)C)CC2. The Morgan fingerprint density at radius 1 is 1.10 bits per heavy atom. The second kappa shape index (κ2) is 8.49. The van der Waals surface area contributed by atoms with E-state index < -0.39 is 8.32 Å². The Kier molecular flexibility index (Phi) is 6.78. The van der Waals surface area contributed by atoms with Crippen LogP contribution in [0.15, 0.2) is 12.1 Å². The standard InChI is InChI=1S/C24H42BNO4Si/c1-22(2,3)31(9,10)28-14-13-26-12-11-18-15-19(16-21(27-8)20(18)17-26)25-29-23(4,5)24(6,7)30-25/h15-16H,11-14,17H2,1-10H3. The van der Waals surface area contributed by atoms with Gasteiger partial charge in [-0.2, -0.15) is 0 Å². The molecule has 3 rings (SSSR count). The minimum absolute atomic E-state index is 0.245. The molecule has 2 heterocycles. The number of benzene rings is 1. The molecule has 0 amide bonds. The average molecular weight is 448 g/mol. The van der Waals surface area contributed by atoms with Crippen molar-refractivity contribution in [2.24, 2.45) is 0 Å². The maximum Gasteiger partial charge on any atom is 0.494 e. The summed E-state index contributed by atoms with van der Waals surface area (Å²) in [6.07, 6.45) is 0.999. The van der Waals surface area contributed by atoms with Crippen LogP contribution in [0.3, 0.4) is 0 Å². The van der Waals surface area contributed by atoms with Crippen molar-refractivity contribution in [3.8, 4) is 5.75 Å². The van der Waals surface area contributed by atoms with E-state index in [4.69, 9.17) is 18.5 Å². The van der Waals surface area contributed by atoms with Gasteiger partial charge in [0, 0.05) is 31.8 Å². The molecule has 1 fully saturated rings. The van der Waals surface area contributed by atoms with Crippen molar-refractivity contribution in [2.45, 2.75) is 90.8 Å². The number of hydrogen-bond donors (Lipinski definition) is 0. The zero-order valence-corrected chi connectivity index (χ0v) is 22.3. The van der Waals surface area contributed by atoms with Crippen LogP contribution in [0.1, 0.15) is 59.6 Å². The number of ether oxygens (including phenoxy) is 1. The highest BCUT2D eigenvalue weighted by Gasteiger charge is 2.52. The van der Waals surface area contributed by atoms with Crippen LogP contribution >= 0.6 is 0 Å². The third-order valence-corrected chi connectivity index (χ3v) is 12.4. The summed E-state index contributed by atoms with van der Waals surface area (Å²) in [4.78, 5) is 2.48. The lowest BCUT2D eigenvalue weighted by molar-refractivity contribution is 0.00578. The third-order valence-electron chi connectivity index (χ3n) is 7.82. The number of rotatable bonds is 6. The molecule has 0 bridgehead atoms. The van der Waals surface area contributed by atoms with Gasteiger partial charge in [0.05, 0.1) is 18.3 Å². The number of hydrogen-bond acceptors (Lipinski definition) is 5. The smallest absolute Gasteiger partial charge is 0.494 e. The van der Waals surface area contributed by atoms with Crippen molar-refractivity contribution in [1.82, 2.24) is 4.90 Å². The average Bonchev–Trinajstić information content (AvgIpc) is 2.87. The van der Waals surface area contributed by atoms with Gasteiger partial charge in [-0.15, -0.1) is 0 Å². The van der Waals surface area contributed by atoms with Gasteiger partial charge in [-0.05, 0) is 69.3 Å². The van der Waals surface area contributed by atoms with Crippen LogP contribution in [-0.2, 0) is 26.7 Å². The van der Waals surface area contributed by atoms with E-state index in [9.17, 15) is 0 Å². The third kappa shape index (κ3) is 5.06. The van der Waals surface area contributed by atoms with Gasteiger partial charge in [0.15, 0.2) is 8.32 Å². The van der Waals surface area contributed by atoms with Crippen LogP contribution in [0.4, 0.5) is 0 Å². The maximum absolute atomic E-state index is 6.40. The fraction of sp³-hybridized carbons (Fsp3) is 0.750. The van der Waals surface area contributed by atoms with E-state index >= 15 is 0 Å². The highest BCUT2D eigenvalue weighted by atomic mass is 28.4. The molecule has 174 valence electrons. The topological polar surface area (TPSA) is 40.2 Å². The van der Waals surface area contributed by atoms with Crippen molar-refractivity contribution in [1.29, 1.82) is 0 Å². The van der Waals surface area contributed by atoms with Crippen LogP contribution in [0, 0.1) is 0 Å². The summed E-state index contributed by atoms with van der Waals surface area (Å²) >= 11 is 0. The highest BCUT2D eigenvalue weighted by Crippen LogP contribution is 2.38. The second-order valence-corrected chi connectivity index (χ2v) is 16.4. The molecule has 0 atom stereocenters.